The second-order valence-corrected chi connectivity index (χ2v) is 6.46. The summed E-state index contributed by atoms with van der Waals surface area (Å²) in [6.07, 6.45) is 1.97. The summed E-state index contributed by atoms with van der Waals surface area (Å²) in [6, 6.07) is 14.4. The Balaban J connectivity index is 1.62. The van der Waals surface area contributed by atoms with Crippen molar-refractivity contribution >= 4 is 17.6 Å². The Morgan fingerprint density at radius 2 is 2.04 bits per heavy atom. The number of benzene rings is 2. The maximum absolute atomic E-state index is 13.3. The van der Waals surface area contributed by atoms with Gasteiger partial charge >= 0.3 is 0 Å². The van der Waals surface area contributed by atoms with Crippen molar-refractivity contribution in [3.05, 3.63) is 65.5 Å². The van der Waals surface area contributed by atoms with Crippen LogP contribution in [0.15, 0.2) is 53.5 Å². The molecule has 142 valence electrons. The average molecular weight is 368 g/mol. The minimum atomic E-state index is -0.278. The normalized spacial score (nSPS) is 13.9. The van der Waals surface area contributed by atoms with Gasteiger partial charge in [-0.1, -0.05) is 30.3 Å². The van der Waals surface area contributed by atoms with E-state index in [1.54, 1.807) is 6.07 Å². The first kappa shape index (κ1) is 18.9. The summed E-state index contributed by atoms with van der Waals surface area (Å²) in [7, 11) is 0. The van der Waals surface area contributed by atoms with Crippen LogP contribution in [-0.4, -0.2) is 31.5 Å². The number of rotatable bonds is 5. The summed E-state index contributed by atoms with van der Waals surface area (Å²) in [5.74, 6) is 0.276. The first-order chi connectivity index (χ1) is 13.2. The van der Waals surface area contributed by atoms with Gasteiger partial charge in [-0.2, -0.15) is 0 Å². The molecule has 0 saturated carbocycles. The molecule has 1 heterocycles. The SMILES string of the molecule is CCNC(=NCc1cccc(F)c1)NCC(=O)N1CCCc2ccccc21. The van der Waals surface area contributed by atoms with Gasteiger partial charge in [0.25, 0.3) is 0 Å². The summed E-state index contributed by atoms with van der Waals surface area (Å²) in [6.45, 7) is 3.86. The standard InChI is InChI=1S/C21H25FN4O/c1-2-23-21(24-14-16-7-5-10-18(22)13-16)25-15-20(27)26-12-6-9-17-8-3-4-11-19(17)26/h3-5,7-8,10-11,13H,2,6,9,12,14-15H2,1H3,(H2,23,24,25). The molecule has 0 atom stereocenters. The highest BCUT2D eigenvalue weighted by Crippen LogP contribution is 2.26. The van der Waals surface area contributed by atoms with Crippen LogP contribution in [0.3, 0.4) is 0 Å². The van der Waals surface area contributed by atoms with Crippen LogP contribution in [0.5, 0.6) is 0 Å². The summed E-state index contributed by atoms with van der Waals surface area (Å²) in [5, 5.41) is 6.21. The number of aliphatic imine (C=N–C) groups is 1. The van der Waals surface area contributed by atoms with Gasteiger partial charge in [-0.3, -0.25) is 4.79 Å². The van der Waals surface area contributed by atoms with E-state index in [2.05, 4.69) is 21.7 Å². The molecule has 5 nitrogen and oxygen atoms in total. The lowest BCUT2D eigenvalue weighted by molar-refractivity contribution is -0.117. The highest BCUT2D eigenvalue weighted by molar-refractivity contribution is 5.98. The van der Waals surface area contributed by atoms with E-state index in [9.17, 15) is 9.18 Å². The van der Waals surface area contributed by atoms with Crippen molar-refractivity contribution in [2.24, 2.45) is 4.99 Å². The van der Waals surface area contributed by atoms with Crippen LogP contribution in [0, 0.1) is 5.82 Å². The zero-order valence-electron chi connectivity index (χ0n) is 15.5. The number of hydrogen-bond donors (Lipinski definition) is 2. The van der Waals surface area contributed by atoms with E-state index in [0.717, 1.165) is 30.6 Å². The molecule has 0 radical (unpaired) electrons. The lowest BCUT2D eigenvalue weighted by Gasteiger charge is -2.29. The van der Waals surface area contributed by atoms with Gasteiger partial charge in [0.05, 0.1) is 13.1 Å². The van der Waals surface area contributed by atoms with Gasteiger partial charge in [-0.05, 0) is 49.1 Å². The fraction of sp³-hybridized carbons (Fsp3) is 0.333. The van der Waals surface area contributed by atoms with Crippen molar-refractivity contribution in [2.75, 3.05) is 24.5 Å². The van der Waals surface area contributed by atoms with E-state index in [1.165, 1.54) is 17.7 Å². The van der Waals surface area contributed by atoms with E-state index in [1.807, 2.05) is 36.1 Å². The molecule has 0 spiro atoms. The van der Waals surface area contributed by atoms with E-state index >= 15 is 0 Å². The molecule has 1 aliphatic rings. The van der Waals surface area contributed by atoms with Crippen molar-refractivity contribution in [2.45, 2.75) is 26.3 Å². The van der Waals surface area contributed by atoms with Crippen LogP contribution in [0.4, 0.5) is 10.1 Å². The molecule has 0 unspecified atom stereocenters. The third-order valence-electron chi connectivity index (χ3n) is 4.47. The number of halogens is 1. The molecule has 1 amide bonds. The molecule has 0 aromatic heterocycles. The minimum Gasteiger partial charge on any atom is -0.357 e. The largest absolute Gasteiger partial charge is 0.357 e. The number of amides is 1. The van der Waals surface area contributed by atoms with Gasteiger partial charge in [0.2, 0.25) is 5.91 Å². The van der Waals surface area contributed by atoms with E-state index in [0.29, 0.717) is 19.0 Å². The molecule has 0 saturated heterocycles. The molecule has 2 aromatic carbocycles. The van der Waals surface area contributed by atoms with Crippen molar-refractivity contribution in [3.63, 3.8) is 0 Å². The van der Waals surface area contributed by atoms with Crippen LogP contribution in [0.2, 0.25) is 0 Å². The smallest absolute Gasteiger partial charge is 0.246 e. The number of anilines is 1. The Morgan fingerprint density at radius 1 is 1.19 bits per heavy atom. The fourth-order valence-corrected chi connectivity index (χ4v) is 3.19. The molecule has 0 bridgehead atoms. The average Bonchev–Trinajstić information content (AvgIpc) is 2.69. The van der Waals surface area contributed by atoms with Crippen LogP contribution < -0.4 is 15.5 Å². The van der Waals surface area contributed by atoms with Gasteiger partial charge in [0.1, 0.15) is 5.82 Å². The van der Waals surface area contributed by atoms with Crippen molar-refractivity contribution in [3.8, 4) is 0 Å². The first-order valence-corrected chi connectivity index (χ1v) is 9.32. The molecular weight excluding hydrogens is 343 g/mol. The van der Waals surface area contributed by atoms with Gasteiger partial charge in [0.15, 0.2) is 5.96 Å². The molecule has 2 aromatic rings. The monoisotopic (exact) mass is 368 g/mol. The number of nitrogens with one attached hydrogen (secondary N) is 2. The zero-order chi connectivity index (χ0) is 19.1. The Bertz CT molecular complexity index is 821. The number of hydrogen-bond acceptors (Lipinski definition) is 2. The van der Waals surface area contributed by atoms with E-state index < -0.39 is 0 Å². The topological polar surface area (TPSA) is 56.7 Å². The lowest BCUT2D eigenvalue weighted by Crippen LogP contribution is -2.46. The number of fused-ring (bicyclic) bond motifs is 1. The molecule has 2 N–H and O–H groups in total. The van der Waals surface area contributed by atoms with Crippen LogP contribution in [0.1, 0.15) is 24.5 Å². The number of nitrogens with zero attached hydrogens (tertiary/aromatic N) is 2. The number of carbonyl (C=O) groups is 1. The predicted molar refractivity (Wildman–Crippen MR) is 106 cm³/mol. The zero-order valence-corrected chi connectivity index (χ0v) is 15.5. The second-order valence-electron chi connectivity index (χ2n) is 6.46. The molecular formula is C21H25FN4O. The van der Waals surface area contributed by atoms with Crippen molar-refractivity contribution in [1.82, 2.24) is 10.6 Å². The van der Waals surface area contributed by atoms with Crippen molar-refractivity contribution in [1.29, 1.82) is 0 Å². The molecule has 6 heteroatoms. The molecule has 0 aliphatic carbocycles. The van der Waals surface area contributed by atoms with Gasteiger partial charge in [-0.25, -0.2) is 9.38 Å². The Morgan fingerprint density at radius 3 is 2.85 bits per heavy atom. The minimum absolute atomic E-state index is 0.0125. The highest BCUT2D eigenvalue weighted by atomic mass is 19.1. The fourth-order valence-electron chi connectivity index (χ4n) is 3.19. The Labute approximate surface area is 159 Å². The molecule has 1 aliphatic heterocycles. The second kappa shape index (κ2) is 9.16. The number of carbonyl (C=O) groups excluding carboxylic acids is 1. The summed E-state index contributed by atoms with van der Waals surface area (Å²) in [5.41, 5.74) is 2.99. The van der Waals surface area contributed by atoms with Crippen LogP contribution >= 0.6 is 0 Å². The van der Waals surface area contributed by atoms with Gasteiger partial charge in [0, 0.05) is 18.8 Å². The molecule has 27 heavy (non-hydrogen) atoms. The Kier molecular flexibility index (Phi) is 6.41. The highest BCUT2D eigenvalue weighted by Gasteiger charge is 2.21. The van der Waals surface area contributed by atoms with Crippen LogP contribution in [0.25, 0.3) is 0 Å². The third-order valence-corrected chi connectivity index (χ3v) is 4.47. The summed E-state index contributed by atoms with van der Waals surface area (Å²) >= 11 is 0. The number of guanidine groups is 1. The molecule has 0 fully saturated rings. The summed E-state index contributed by atoms with van der Waals surface area (Å²) in [4.78, 5) is 19.0. The number of para-hydroxylation sites is 1. The lowest BCUT2D eigenvalue weighted by atomic mass is 10.0. The maximum Gasteiger partial charge on any atom is 0.246 e. The van der Waals surface area contributed by atoms with Crippen molar-refractivity contribution < 1.29 is 9.18 Å². The van der Waals surface area contributed by atoms with Crippen LogP contribution in [-0.2, 0) is 17.8 Å². The third kappa shape index (κ3) is 5.06. The molecule has 3 rings (SSSR count). The van der Waals surface area contributed by atoms with Gasteiger partial charge < -0.3 is 15.5 Å². The number of aryl methyl sites for hydroxylation is 1. The Hall–Kier alpha value is -2.89. The van der Waals surface area contributed by atoms with E-state index in [-0.39, 0.29) is 18.3 Å². The summed E-state index contributed by atoms with van der Waals surface area (Å²) < 4.78 is 13.3. The first-order valence-electron chi connectivity index (χ1n) is 9.32. The quantitative estimate of drug-likeness (QED) is 0.630. The predicted octanol–water partition coefficient (Wildman–Crippen LogP) is 2.86. The van der Waals surface area contributed by atoms with E-state index in [4.69, 9.17) is 0 Å². The van der Waals surface area contributed by atoms with Gasteiger partial charge in [-0.15, -0.1) is 0 Å². The maximum atomic E-state index is 13.3.